The van der Waals surface area contributed by atoms with E-state index in [2.05, 4.69) is 38.1 Å². The first-order valence-electron chi connectivity index (χ1n) is 7.26. The number of rotatable bonds is 4. The highest BCUT2D eigenvalue weighted by Gasteiger charge is 2.29. The summed E-state index contributed by atoms with van der Waals surface area (Å²) in [4.78, 5) is 11.3. The van der Waals surface area contributed by atoms with Crippen LogP contribution in [-0.2, 0) is 10.2 Å². The fourth-order valence-electron chi connectivity index (χ4n) is 2.28. The Hall–Kier alpha value is -2.09. The van der Waals surface area contributed by atoms with Gasteiger partial charge in [-0.1, -0.05) is 62.4 Å². The molecule has 0 aliphatic carbocycles. The molecule has 2 aromatic rings. The lowest BCUT2D eigenvalue weighted by molar-refractivity contribution is -0.142. The standard InChI is InChI=1S/C19H22O2/c1-13(2)15-6-5-7-16(12-15)14-8-10-17(11-9-14)19(3,4)18(20)21/h5-13H,1-4H3,(H,20,21). The van der Waals surface area contributed by atoms with Crippen molar-refractivity contribution in [2.45, 2.75) is 39.0 Å². The lowest BCUT2D eigenvalue weighted by Gasteiger charge is -2.20. The molecule has 2 nitrogen and oxygen atoms in total. The van der Waals surface area contributed by atoms with E-state index >= 15 is 0 Å². The van der Waals surface area contributed by atoms with Crippen LogP contribution in [0, 0.1) is 0 Å². The van der Waals surface area contributed by atoms with Crippen molar-refractivity contribution in [3.63, 3.8) is 0 Å². The van der Waals surface area contributed by atoms with Crippen LogP contribution < -0.4 is 0 Å². The first-order chi connectivity index (χ1) is 9.82. The van der Waals surface area contributed by atoms with E-state index in [-0.39, 0.29) is 0 Å². The van der Waals surface area contributed by atoms with E-state index in [4.69, 9.17) is 0 Å². The highest BCUT2D eigenvalue weighted by atomic mass is 16.4. The average molecular weight is 282 g/mol. The van der Waals surface area contributed by atoms with Gasteiger partial charge in [0.25, 0.3) is 0 Å². The van der Waals surface area contributed by atoms with Crippen LogP contribution in [0.25, 0.3) is 11.1 Å². The fourth-order valence-corrected chi connectivity index (χ4v) is 2.28. The molecule has 0 radical (unpaired) electrons. The van der Waals surface area contributed by atoms with Crippen molar-refractivity contribution in [2.75, 3.05) is 0 Å². The zero-order chi connectivity index (χ0) is 15.6. The van der Waals surface area contributed by atoms with E-state index in [1.54, 1.807) is 13.8 Å². The van der Waals surface area contributed by atoms with Crippen LogP contribution in [0.3, 0.4) is 0 Å². The summed E-state index contributed by atoms with van der Waals surface area (Å²) in [5.74, 6) is -0.313. The zero-order valence-corrected chi connectivity index (χ0v) is 13.1. The van der Waals surface area contributed by atoms with E-state index in [0.29, 0.717) is 5.92 Å². The maximum atomic E-state index is 11.3. The Balaban J connectivity index is 2.35. The van der Waals surface area contributed by atoms with Crippen LogP contribution >= 0.6 is 0 Å². The summed E-state index contributed by atoms with van der Waals surface area (Å²) in [6.07, 6.45) is 0. The maximum absolute atomic E-state index is 11.3. The number of carbonyl (C=O) groups is 1. The topological polar surface area (TPSA) is 37.3 Å². The molecule has 0 saturated heterocycles. The summed E-state index contributed by atoms with van der Waals surface area (Å²) < 4.78 is 0. The normalized spacial score (nSPS) is 11.7. The lowest BCUT2D eigenvalue weighted by atomic mass is 9.84. The maximum Gasteiger partial charge on any atom is 0.313 e. The Labute approximate surface area is 126 Å². The Morgan fingerprint density at radius 2 is 1.62 bits per heavy atom. The van der Waals surface area contributed by atoms with E-state index < -0.39 is 11.4 Å². The summed E-state index contributed by atoms with van der Waals surface area (Å²) >= 11 is 0. The molecular weight excluding hydrogens is 260 g/mol. The molecule has 0 saturated carbocycles. The Bertz CT molecular complexity index is 637. The number of carboxylic acid groups (broad SMARTS) is 1. The molecule has 2 heteroatoms. The Morgan fingerprint density at radius 1 is 1.00 bits per heavy atom. The molecule has 1 N–H and O–H groups in total. The third kappa shape index (κ3) is 3.15. The molecule has 2 aromatic carbocycles. The SMILES string of the molecule is CC(C)c1cccc(-c2ccc(C(C)(C)C(=O)O)cc2)c1. The largest absolute Gasteiger partial charge is 0.481 e. The third-order valence-corrected chi connectivity index (χ3v) is 4.03. The molecule has 21 heavy (non-hydrogen) atoms. The van der Waals surface area contributed by atoms with Crippen molar-refractivity contribution in [1.82, 2.24) is 0 Å². The van der Waals surface area contributed by atoms with Gasteiger partial charge in [-0.2, -0.15) is 0 Å². The third-order valence-electron chi connectivity index (χ3n) is 4.03. The van der Waals surface area contributed by atoms with Crippen LogP contribution in [0.5, 0.6) is 0 Å². The van der Waals surface area contributed by atoms with Gasteiger partial charge in [0.1, 0.15) is 0 Å². The summed E-state index contributed by atoms with van der Waals surface area (Å²) in [6.45, 7) is 7.81. The first kappa shape index (κ1) is 15.3. The molecule has 0 amide bonds. The zero-order valence-electron chi connectivity index (χ0n) is 13.1. The van der Waals surface area contributed by atoms with Gasteiger partial charge in [-0.05, 0) is 42.0 Å². The molecule has 0 aliphatic rings. The molecule has 0 heterocycles. The number of aliphatic carboxylic acids is 1. The minimum atomic E-state index is -0.863. The summed E-state index contributed by atoms with van der Waals surface area (Å²) in [6, 6.07) is 16.3. The minimum absolute atomic E-state index is 0.496. The van der Waals surface area contributed by atoms with Gasteiger partial charge in [0.2, 0.25) is 0 Å². The molecule has 110 valence electrons. The van der Waals surface area contributed by atoms with E-state index in [9.17, 15) is 9.90 Å². The van der Waals surface area contributed by atoms with Crippen LogP contribution in [0.15, 0.2) is 48.5 Å². The second kappa shape index (κ2) is 5.72. The van der Waals surface area contributed by atoms with Gasteiger partial charge in [-0.25, -0.2) is 0 Å². The van der Waals surface area contributed by atoms with Gasteiger partial charge in [-0.3, -0.25) is 4.79 Å². The molecule has 0 aliphatic heterocycles. The van der Waals surface area contributed by atoms with Crippen LogP contribution in [0.4, 0.5) is 0 Å². The van der Waals surface area contributed by atoms with Crippen molar-refractivity contribution in [1.29, 1.82) is 0 Å². The van der Waals surface area contributed by atoms with Gasteiger partial charge in [0, 0.05) is 0 Å². The van der Waals surface area contributed by atoms with Gasteiger partial charge >= 0.3 is 5.97 Å². The average Bonchev–Trinajstić information content (AvgIpc) is 2.47. The lowest BCUT2D eigenvalue weighted by Crippen LogP contribution is -2.28. The second-order valence-corrected chi connectivity index (χ2v) is 6.29. The molecule has 0 unspecified atom stereocenters. The highest BCUT2D eigenvalue weighted by molar-refractivity contribution is 5.80. The van der Waals surface area contributed by atoms with E-state index in [1.165, 1.54) is 11.1 Å². The van der Waals surface area contributed by atoms with Crippen molar-refractivity contribution in [3.8, 4) is 11.1 Å². The number of hydrogen-bond donors (Lipinski definition) is 1. The van der Waals surface area contributed by atoms with E-state index in [1.807, 2.05) is 24.3 Å². The quantitative estimate of drug-likeness (QED) is 0.871. The van der Waals surface area contributed by atoms with Gasteiger partial charge in [0.15, 0.2) is 0 Å². The number of hydrogen-bond acceptors (Lipinski definition) is 1. The summed E-state index contributed by atoms with van der Waals surface area (Å²) in [5.41, 5.74) is 3.54. The second-order valence-electron chi connectivity index (χ2n) is 6.29. The van der Waals surface area contributed by atoms with Gasteiger partial charge < -0.3 is 5.11 Å². The summed E-state index contributed by atoms with van der Waals surface area (Å²) in [5, 5.41) is 9.28. The molecule has 0 atom stereocenters. The van der Waals surface area contributed by atoms with Crippen LogP contribution in [-0.4, -0.2) is 11.1 Å². The molecular formula is C19H22O2. The minimum Gasteiger partial charge on any atom is -0.481 e. The smallest absolute Gasteiger partial charge is 0.313 e. The van der Waals surface area contributed by atoms with Crippen molar-refractivity contribution in [3.05, 3.63) is 59.7 Å². The molecule has 2 rings (SSSR count). The Kier molecular flexibility index (Phi) is 4.17. The van der Waals surface area contributed by atoms with Crippen LogP contribution in [0.1, 0.15) is 44.7 Å². The van der Waals surface area contributed by atoms with Gasteiger partial charge in [0.05, 0.1) is 5.41 Å². The molecule has 0 spiro atoms. The van der Waals surface area contributed by atoms with E-state index in [0.717, 1.165) is 11.1 Å². The predicted molar refractivity (Wildman–Crippen MR) is 86.6 cm³/mol. The molecule has 0 fully saturated rings. The van der Waals surface area contributed by atoms with Crippen LogP contribution in [0.2, 0.25) is 0 Å². The monoisotopic (exact) mass is 282 g/mol. The number of carboxylic acids is 1. The summed E-state index contributed by atoms with van der Waals surface area (Å²) in [7, 11) is 0. The Morgan fingerprint density at radius 3 is 2.14 bits per heavy atom. The fraction of sp³-hybridized carbons (Fsp3) is 0.316. The molecule has 0 aromatic heterocycles. The highest BCUT2D eigenvalue weighted by Crippen LogP contribution is 2.28. The first-order valence-corrected chi connectivity index (χ1v) is 7.26. The van der Waals surface area contributed by atoms with Crippen molar-refractivity contribution >= 4 is 5.97 Å². The number of benzene rings is 2. The van der Waals surface area contributed by atoms with Gasteiger partial charge in [-0.15, -0.1) is 0 Å². The van der Waals surface area contributed by atoms with Crippen molar-refractivity contribution in [2.24, 2.45) is 0 Å². The van der Waals surface area contributed by atoms with Crippen molar-refractivity contribution < 1.29 is 9.90 Å². The predicted octanol–water partition coefficient (Wildman–Crippen LogP) is 4.84. The molecule has 0 bridgehead atoms.